The summed E-state index contributed by atoms with van der Waals surface area (Å²) in [7, 11) is 1.51. The number of carbonyl (C=O) groups is 2. The highest BCUT2D eigenvalue weighted by atomic mass is 32.2. The summed E-state index contributed by atoms with van der Waals surface area (Å²) in [5.74, 6) is 1.84. The number of rotatable bonds is 7. The molecule has 1 aromatic rings. The van der Waals surface area contributed by atoms with E-state index in [2.05, 4.69) is 21.4 Å². The zero-order chi connectivity index (χ0) is 18.2. The normalized spacial score (nSPS) is 18.2. The van der Waals surface area contributed by atoms with E-state index in [0.29, 0.717) is 17.1 Å². The summed E-state index contributed by atoms with van der Waals surface area (Å²) >= 11 is 1.02. The van der Waals surface area contributed by atoms with E-state index in [0.717, 1.165) is 11.8 Å². The summed E-state index contributed by atoms with van der Waals surface area (Å²) in [6.45, 7) is 0.0680. The van der Waals surface area contributed by atoms with E-state index in [-0.39, 0.29) is 18.2 Å². The lowest BCUT2D eigenvalue weighted by atomic mass is 10.2. The van der Waals surface area contributed by atoms with Crippen molar-refractivity contribution in [3.05, 3.63) is 23.8 Å². The fraction of sp³-hybridized carbons (Fsp3) is 0.250. The molecule has 0 bridgehead atoms. The molecule has 0 saturated carbocycles. The van der Waals surface area contributed by atoms with Gasteiger partial charge in [-0.05, 0) is 12.1 Å². The van der Waals surface area contributed by atoms with Crippen LogP contribution in [0.3, 0.4) is 0 Å². The van der Waals surface area contributed by atoms with Crippen LogP contribution in [-0.4, -0.2) is 47.3 Å². The van der Waals surface area contributed by atoms with Crippen molar-refractivity contribution in [2.45, 2.75) is 11.7 Å². The maximum Gasteiger partial charge on any atom is 0.305 e. The summed E-state index contributed by atoms with van der Waals surface area (Å²) in [5, 5.41) is 18.6. The van der Waals surface area contributed by atoms with Gasteiger partial charge in [-0.3, -0.25) is 9.59 Å². The Morgan fingerprint density at radius 3 is 3.04 bits per heavy atom. The Kier molecular flexibility index (Phi) is 6.42. The fourth-order valence-electron chi connectivity index (χ4n) is 1.95. The molecule has 25 heavy (non-hydrogen) atoms. The van der Waals surface area contributed by atoms with Gasteiger partial charge in [0.05, 0.1) is 19.7 Å². The van der Waals surface area contributed by atoms with Gasteiger partial charge in [0.25, 0.3) is 0 Å². The quantitative estimate of drug-likeness (QED) is 0.428. The van der Waals surface area contributed by atoms with Crippen LogP contribution in [0.2, 0.25) is 0 Å². The van der Waals surface area contributed by atoms with E-state index in [1.807, 2.05) is 0 Å². The number of carboxylic acids is 1. The summed E-state index contributed by atoms with van der Waals surface area (Å²) in [6, 6.07) is 5.22. The molecule has 2 N–H and O–H groups in total. The smallest absolute Gasteiger partial charge is 0.305 e. The molecule has 1 aromatic carbocycles. The van der Waals surface area contributed by atoms with Gasteiger partial charge in [0.1, 0.15) is 11.9 Å². The van der Waals surface area contributed by atoms with Gasteiger partial charge in [-0.25, -0.2) is 0 Å². The van der Waals surface area contributed by atoms with Crippen LogP contribution < -0.4 is 14.8 Å². The van der Waals surface area contributed by atoms with Crippen molar-refractivity contribution in [3.63, 3.8) is 0 Å². The number of hydrogen-bond acceptors (Lipinski definition) is 7. The zero-order valence-electron chi connectivity index (χ0n) is 13.3. The summed E-state index contributed by atoms with van der Waals surface area (Å²) in [4.78, 5) is 22.3. The average Bonchev–Trinajstić information content (AvgIpc) is 2.92. The minimum absolute atomic E-state index is 0.0680. The minimum atomic E-state index is -1.05. The Morgan fingerprint density at radius 1 is 1.56 bits per heavy atom. The van der Waals surface area contributed by atoms with E-state index >= 15 is 0 Å². The predicted octanol–water partition coefficient (Wildman–Crippen LogP) is 1.10. The number of terminal acetylenes is 1. The first-order valence-electron chi connectivity index (χ1n) is 7.08. The Balaban J connectivity index is 2.13. The van der Waals surface area contributed by atoms with Gasteiger partial charge in [0.2, 0.25) is 5.91 Å². The third-order valence-electron chi connectivity index (χ3n) is 3.01. The van der Waals surface area contributed by atoms with Crippen molar-refractivity contribution in [1.29, 1.82) is 0 Å². The third kappa shape index (κ3) is 4.99. The van der Waals surface area contributed by atoms with Crippen LogP contribution in [0.1, 0.15) is 12.0 Å². The predicted molar refractivity (Wildman–Crippen MR) is 94.1 cm³/mol. The fourth-order valence-corrected chi connectivity index (χ4v) is 2.87. The summed E-state index contributed by atoms with van der Waals surface area (Å²) < 4.78 is 10.7. The van der Waals surface area contributed by atoms with Crippen LogP contribution in [0.4, 0.5) is 0 Å². The van der Waals surface area contributed by atoms with Gasteiger partial charge in [-0.15, -0.1) is 11.5 Å². The number of carboxylic acid groups (broad SMARTS) is 1. The lowest BCUT2D eigenvalue weighted by molar-refractivity contribution is -0.138. The van der Waals surface area contributed by atoms with Gasteiger partial charge in [-0.2, -0.15) is 5.10 Å². The van der Waals surface area contributed by atoms with E-state index < -0.39 is 17.1 Å². The number of nitrogens with zero attached hydrogens (tertiary/aromatic N) is 2. The van der Waals surface area contributed by atoms with Crippen molar-refractivity contribution in [2.75, 3.05) is 13.7 Å². The van der Waals surface area contributed by atoms with Crippen molar-refractivity contribution in [2.24, 2.45) is 10.2 Å². The van der Waals surface area contributed by atoms with Crippen LogP contribution in [0.5, 0.6) is 11.5 Å². The van der Waals surface area contributed by atoms with Crippen molar-refractivity contribution < 1.29 is 24.2 Å². The van der Waals surface area contributed by atoms with Crippen LogP contribution in [-0.2, 0) is 9.59 Å². The molecule has 1 heterocycles. The topological polar surface area (TPSA) is 110 Å². The zero-order valence-corrected chi connectivity index (χ0v) is 14.1. The second kappa shape index (κ2) is 8.75. The molecule has 9 heteroatoms. The number of aliphatic carboxylic acids is 1. The second-order valence-corrected chi connectivity index (χ2v) is 5.91. The number of ether oxygens (including phenoxy) is 2. The molecule has 130 valence electrons. The van der Waals surface area contributed by atoms with Gasteiger partial charge in [0.15, 0.2) is 16.7 Å². The molecule has 1 aliphatic heterocycles. The number of methoxy groups -OCH3 is 1. The van der Waals surface area contributed by atoms with Gasteiger partial charge in [-0.1, -0.05) is 23.7 Å². The van der Waals surface area contributed by atoms with Gasteiger partial charge in [0, 0.05) is 5.56 Å². The number of benzene rings is 1. The second-order valence-electron chi connectivity index (χ2n) is 4.71. The molecule has 1 aliphatic rings. The van der Waals surface area contributed by atoms with Crippen LogP contribution >= 0.6 is 11.8 Å². The molecule has 2 rings (SSSR count). The largest absolute Gasteiger partial charge is 0.493 e. The molecular formula is C16H15N3O5S. The molecule has 0 spiro atoms. The number of para-hydroxylation sites is 1. The van der Waals surface area contributed by atoms with Crippen LogP contribution in [0.15, 0.2) is 28.4 Å². The number of nitrogens with one attached hydrogen (secondary N) is 1. The maximum atomic E-state index is 11.6. The van der Waals surface area contributed by atoms with Crippen molar-refractivity contribution >= 4 is 35.0 Å². The SMILES string of the molecule is C#CCOc1c(C=NN=C2NC(=O)C(CC(=O)O)S2)cccc1OC. The molecule has 0 radical (unpaired) electrons. The highest BCUT2D eigenvalue weighted by Crippen LogP contribution is 2.30. The minimum Gasteiger partial charge on any atom is -0.493 e. The van der Waals surface area contributed by atoms with E-state index in [1.165, 1.54) is 13.3 Å². The summed E-state index contributed by atoms with van der Waals surface area (Å²) in [5.41, 5.74) is 0.593. The lowest BCUT2D eigenvalue weighted by Gasteiger charge is -2.10. The molecular weight excluding hydrogens is 346 g/mol. The van der Waals surface area contributed by atoms with E-state index in [9.17, 15) is 9.59 Å². The molecule has 1 atom stereocenters. The maximum absolute atomic E-state index is 11.6. The molecule has 0 aliphatic carbocycles. The third-order valence-corrected chi connectivity index (χ3v) is 4.08. The Labute approximate surface area is 148 Å². The van der Waals surface area contributed by atoms with E-state index in [1.54, 1.807) is 18.2 Å². The Hall–Kier alpha value is -2.99. The first-order valence-corrected chi connectivity index (χ1v) is 7.96. The van der Waals surface area contributed by atoms with Crippen molar-refractivity contribution in [1.82, 2.24) is 5.32 Å². The monoisotopic (exact) mass is 361 g/mol. The standard InChI is InChI=1S/C16H15N3O5S/c1-3-7-24-14-10(5-4-6-11(14)23-2)9-17-19-16-18-15(22)12(25-16)8-13(20)21/h1,4-6,9,12H,7-8H2,2H3,(H,20,21)(H,18,19,22). The average molecular weight is 361 g/mol. The number of carbonyl (C=O) groups excluding carboxylic acids is 1. The van der Waals surface area contributed by atoms with Crippen LogP contribution in [0.25, 0.3) is 0 Å². The Morgan fingerprint density at radius 2 is 2.36 bits per heavy atom. The van der Waals surface area contributed by atoms with Crippen molar-refractivity contribution in [3.8, 4) is 23.8 Å². The number of amides is 1. The molecule has 1 saturated heterocycles. The first-order chi connectivity index (χ1) is 12.0. The highest BCUT2D eigenvalue weighted by molar-refractivity contribution is 8.15. The molecule has 0 aromatic heterocycles. The molecule has 1 unspecified atom stereocenters. The number of thioether (sulfide) groups is 1. The highest BCUT2D eigenvalue weighted by Gasteiger charge is 2.32. The number of amidine groups is 1. The number of hydrogen-bond donors (Lipinski definition) is 2. The Bertz CT molecular complexity index is 770. The van der Waals surface area contributed by atoms with Gasteiger partial charge >= 0.3 is 5.97 Å². The lowest BCUT2D eigenvalue weighted by Crippen LogP contribution is -2.26. The van der Waals surface area contributed by atoms with Crippen LogP contribution in [0, 0.1) is 12.3 Å². The van der Waals surface area contributed by atoms with Gasteiger partial charge < -0.3 is 19.9 Å². The van der Waals surface area contributed by atoms with E-state index in [4.69, 9.17) is 21.0 Å². The molecule has 1 amide bonds. The summed E-state index contributed by atoms with van der Waals surface area (Å²) in [6.07, 6.45) is 6.36. The molecule has 8 nitrogen and oxygen atoms in total. The molecule has 1 fully saturated rings. The first kappa shape index (κ1) is 18.4.